The highest BCUT2D eigenvalue weighted by atomic mass is 16.5. The summed E-state index contributed by atoms with van der Waals surface area (Å²) >= 11 is 0. The van der Waals surface area contributed by atoms with Crippen molar-refractivity contribution < 1.29 is 34.0 Å². The summed E-state index contributed by atoms with van der Waals surface area (Å²) < 4.78 is 15.7. The van der Waals surface area contributed by atoms with Crippen molar-refractivity contribution in [3.05, 3.63) is 17.7 Å². The SMILES string of the molecule is COc1cc(CCC(=O)NCC(C)(O)C(=O)O)cc(OC)c1OC. The first-order valence-electron chi connectivity index (χ1n) is 7.26. The van der Waals surface area contributed by atoms with Gasteiger partial charge in [0.05, 0.1) is 27.9 Å². The molecule has 1 amide bonds. The molecule has 0 fully saturated rings. The quantitative estimate of drug-likeness (QED) is 0.602. The highest BCUT2D eigenvalue weighted by Gasteiger charge is 2.30. The van der Waals surface area contributed by atoms with Crippen molar-refractivity contribution >= 4 is 11.9 Å². The van der Waals surface area contributed by atoms with Crippen LogP contribution in [0.5, 0.6) is 17.2 Å². The van der Waals surface area contributed by atoms with Gasteiger partial charge in [0, 0.05) is 6.42 Å². The van der Waals surface area contributed by atoms with E-state index in [2.05, 4.69) is 5.32 Å². The van der Waals surface area contributed by atoms with Crippen molar-refractivity contribution in [1.29, 1.82) is 0 Å². The summed E-state index contributed by atoms with van der Waals surface area (Å²) in [6, 6.07) is 3.48. The number of hydrogen-bond acceptors (Lipinski definition) is 6. The van der Waals surface area contributed by atoms with Gasteiger partial charge in [-0.15, -0.1) is 0 Å². The van der Waals surface area contributed by atoms with Gasteiger partial charge in [0.2, 0.25) is 11.7 Å². The molecule has 8 heteroatoms. The Labute approximate surface area is 140 Å². The number of aliphatic carboxylic acids is 1. The predicted octanol–water partition coefficient (Wildman–Crippen LogP) is 0.597. The molecule has 0 aromatic heterocycles. The van der Waals surface area contributed by atoms with E-state index in [0.29, 0.717) is 23.7 Å². The minimum Gasteiger partial charge on any atom is -0.493 e. The lowest BCUT2D eigenvalue weighted by molar-refractivity contribution is -0.156. The van der Waals surface area contributed by atoms with Crippen LogP contribution in [0.2, 0.25) is 0 Å². The van der Waals surface area contributed by atoms with E-state index in [0.717, 1.165) is 12.5 Å². The maximum absolute atomic E-state index is 11.8. The first kappa shape index (κ1) is 19.6. The number of hydrogen-bond donors (Lipinski definition) is 3. The molecule has 0 bridgehead atoms. The molecule has 24 heavy (non-hydrogen) atoms. The molecular formula is C16H23NO7. The average Bonchev–Trinajstić information content (AvgIpc) is 2.56. The zero-order valence-corrected chi connectivity index (χ0v) is 14.2. The highest BCUT2D eigenvalue weighted by Crippen LogP contribution is 2.38. The van der Waals surface area contributed by atoms with Gasteiger partial charge < -0.3 is 29.7 Å². The van der Waals surface area contributed by atoms with Crippen LogP contribution in [-0.4, -0.2) is 55.6 Å². The summed E-state index contributed by atoms with van der Waals surface area (Å²) in [5, 5.41) is 20.7. The van der Waals surface area contributed by atoms with Crippen molar-refractivity contribution in [3.63, 3.8) is 0 Å². The molecule has 0 aliphatic carbocycles. The fourth-order valence-corrected chi connectivity index (χ4v) is 1.97. The molecule has 8 nitrogen and oxygen atoms in total. The molecule has 0 aliphatic rings. The van der Waals surface area contributed by atoms with Crippen LogP contribution in [-0.2, 0) is 16.0 Å². The van der Waals surface area contributed by atoms with Crippen LogP contribution >= 0.6 is 0 Å². The summed E-state index contributed by atoms with van der Waals surface area (Å²) in [4.78, 5) is 22.6. The molecule has 3 N–H and O–H groups in total. The number of ether oxygens (including phenoxy) is 3. The molecule has 1 aromatic carbocycles. The number of carbonyl (C=O) groups excluding carboxylic acids is 1. The van der Waals surface area contributed by atoms with Gasteiger partial charge in [-0.05, 0) is 31.0 Å². The van der Waals surface area contributed by atoms with Crippen LogP contribution in [0.25, 0.3) is 0 Å². The average molecular weight is 341 g/mol. The molecular weight excluding hydrogens is 318 g/mol. The van der Waals surface area contributed by atoms with Gasteiger partial charge in [0.15, 0.2) is 17.1 Å². The molecule has 0 aliphatic heterocycles. The number of carboxylic acid groups (broad SMARTS) is 1. The van der Waals surface area contributed by atoms with Gasteiger partial charge in [-0.25, -0.2) is 4.79 Å². The van der Waals surface area contributed by atoms with Crippen molar-refractivity contribution in [3.8, 4) is 17.2 Å². The second-order valence-corrected chi connectivity index (χ2v) is 5.39. The largest absolute Gasteiger partial charge is 0.493 e. The van der Waals surface area contributed by atoms with Crippen molar-refractivity contribution in [2.24, 2.45) is 0 Å². The molecule has 1 atom stereocenters. The van der Waals surface area contributed by atoms with Gasteiger partial charge in [-0.3, -0.25) is 4.79 Å². The fourth-order valence-electron chi connectivity index (χ4n) is 1.97. The Morgan fingerprint density at radius 2 is 1.67 bits per heavy atom. The van der Waals surface area contributed by atoms with Gasteiger partial charge >= 0.3 is 5.97 Å². The van der Waals surface area contributed by atoms with E-state index >= 15 is 0 Å². The van der Waals surface area contributed by atoms with Gasteiger partial charge in [-0.2, -0.15) is 0 Å². The lowest BCUT2D eigenvalue weighted by Crippen LogP contribution is -2.46. The summed E-state index contributed by atoms with van der Waals surface area (Å²) in [6.45, 7) is 0.755. The summed E-state index contributed by atoms with van der Waals surface area (Å²) in [6.07, 6.45) is 0.506. The Morgan fingerprint density at radius 3 is 2.08 bits per heavy atom. The molecule has 1 rings (SSSR count). The third-order valence-electron chi connectivity index (χ3n) is 3.46. The molecule has 134 valence electrons. The van der Waals surface area contributed by atoms with Crippen LogP contribution in [0.4, 0.5) is 0 Å². The Hall–Kier alpha value is -2.48. The second kappa shape index (κ2) is 8.39. The third kappa shape index (κ3) is 5.02. The number of nitrogens with one attached hydrogen (secondary N) is 1. The molecule has 0 saturated carbocycles. The van der Waals surface area contributed by atoms with Crippen LogP contribution < -0.4 is 19.5 Å². The normalized spacial score (nSPS) is 12.9. The molecule has 1 unspecified atom stereocenters. The topological polar surface area (TPSA) is 114 Å². The number of carbonyl (C=O) groups is 2. The minimum atomic E-state index is -2.00. The Kier molecular flexibility index (Phi) is 6.84. The van der Waals surface area contributed by atoms with Gasteiger partial charge in [0.1, 0.15) is 0 Å². The number of carboxylic acids is 1. The zero-order valence-electron chi connectivity index (χ0n) is 14.2. The maximum Gasteiger partial charge on any atom is 0.337 e. The number of methoxy groups -OCH3 is 3. The van der Waals surface area contributed by atoms with Crippen LogP contribution in [0.1, 0.15) is 18.9 Å². The van der Waals surface area contributed by atoms with Gasteiger partial charge in [-0.1, -0.05) is 0 Å². The Bertz CT molecular complexity index is 573. The molecule has 0 radical (unpaired) electrons. The van der Waals surface area contributed by atoms with Crippen molar-refractivity contribution in [1.82, 2.24) is 5.32 Å². The van der Waals surface area contributed by atoms with E-state index in [9.17, 15) is 14.7 Å². The summed E-state index contributed by atoms with van der Waals surface area (Å²) in [5.41, 5.74) is -1.20. The highest BCUT2D eigenvalue weighted by molar-refractivity contribution is 5.80. The van der Waals surface area contributed by atoms with Gasteiger partial charge in [0.25, 0.3) is 0 Å². The van der Waals surface area contributed by atoms with Crippen molar-refractivity contribution in [2.45, 2.75) is 25.4 Å². The Balaban J connectivity index is 2.70. The van der Waals surface area contributed by atoms with E-state index in [-0.39, 0.29) is 18.9 Å². The van der Waals surface area contributed by atoms with E-state index in [1.807, 2.05) is 0 Å². The standard InChI is InChI=1S/C16H23NO7/c1-16(21,15(19)20)9-17-13(18)6-5-10-7-11(22-2)14(24-4)12(8-10)23-3/h7-8,21H,5-6,9H2,1-4H3,(H,17,18)(H,19,20). The smallest absolute Gasteiger partial charge is 0.337 e. The van der Waals surface area contributed by atoms with Crippen molar-refractivity contribution in [2.75, 3.05) is 27.9 Å². The zero-order chi connectivity index (χ0) is 18.3. The molecule has 0 heterocycles. The maximum atomic E-state index is 11.8. The molecule has 1 aromatic rings. The summed E-state index contributed by atoms with van der Waals surface area (Å²) in [7, 11) is 4.51. The number of amides is 1. The lowest BCUT2D eigenvalue weighted by atomic mass is 10.1. The minimum absolute atomic E-state index is 0.119. The van der Waals surface area contributed by atoms with E-state index < -0.39 is 11.6 Å². The van der Waals surface area contributed by atoms with Crippen LogP contribution in [0, 0.1) is 0 Å². The molecule has 0 saturated heterocycles. The predicted molar refractivity (Wildman–Crippen MR) is 85.7 cm³/mol. The van der Waals surface area contributed by atoms with E-state index in [1.165, 1.54) is 21.3 Å². The van der Waals surface area contributed by atoms with Crippen LogP contribution in [0.3, 0.4) is 0 Å². The van der Waals surface area contributed by atoms with E-state index in [4.69, 9.17) is 19.3 Å². The first-order valence-corrected chi connectivity index (χ1v) is 7.26. The fraction of sp³-hybridized carbons (Fsp3) is 0.500. The third-order valence-corrected chi connectivity index (χ3v) is 3.46. The van der Waals surface area contributed by atoms with E-state index in [1.54, 1.807) is 12.1 Å². The number of benzene rings is 1. The number of aliphatic hydroxyl groups is 1. The number of rotatable bonds is 9. The number of aryl methyl sites for hydroxylation is 1. The second-order valence-electron chi connectivity index (χ2n) is 5.39. The first-order chi connectivity index (χ1) is 11.2. The lowest BCUT2D eigenvalue weighted by Gasteiger charge is -2.18. The van der Waals surface area contributed by atoms with Crippen LogP contribution in [0.15, 0.2) is 12.1 Å². The summed E-state index contributed by atoms with van der Waals surface area (Å²) in [5.74, 6) is -0.328. The Morgan fingerprint density at radius 1 is 1.12 bits per heavy atom. The molecule has 0 spiro atoms. The monoisotopic (exact) mass is 341 g/mol.